The summed E-state index contributed by atoms with van der Waals surface area (Å²) >= 11 is 0. The van der Waals surface area contributed by atoms with E-state index in [1.807, 2.05) is 4.90 Å². The Kier molecular flexibility index (Phi) is 2.40. The maximum atomic E-state index is 13.2. The van der Waals surface area contributed by atoms with E-state index >= 15 is 0 Å². The van der Waals surface area contributed by atoms with E-state index in [0.29, 0.717) is 18.9 Å². The highest BCUT2D eigenvalue weighted by Crippen LogP contribution is 2.17. The zero-order chi connectivity index (χ0) is 9.10. The van der Waals surface area contributed by atoms with Crippen LogP contribution in [0.2, 0.25) is 0 Å². The molecule has 4 heteroatoms. The second-order valence-electron chi connectivity index (χ2n) is 2.86. The first-order valence-electron chi connectivity index (χ1n) is 4.23. The lowest BCUT2D eigenvalue weighted by molar-refractivity contribution is 0.122. The first-order valence-corrected chi connectivity index (χ1v) is 4.23. The highest BCUT2D eigenvalue weighted by atomic mass is 19.1. The first kappa shape index (κ1) is 8.44. The van der Waals surface area contributed by atoms with Gasteiger partial charge in [-0.1, -0.05) is 0 Å². The Bertz CT molecular complexity index is 287. The van der Waals surface area contributed by atoms with Crippen molar-refractivity contribution in [1.29, 1.82) is 0 Å². The largest absolute Gasteiger partial charge is 0.378 e. The van der Waals surface area contributed by atoms with Crippen molar-refractivity contribution < 1.29 is 9.13 Å². The molecule has 1 aliphatic rings. The molecule has 0 N–H and O–H groups in total. The first-order chi connectivity index (χ1) is 6.38. The van der Waals surface area contributed by atoms with Crippen LogP contribution in [0.1, 0.15) is 0 Å². The molecule has 2 heterocycles. The van der Waals surface area contributed by atoms with Gasteiger partial charge in [-0.3, -0.25) is 4.98 Å². The molecule has 0 unspecified atom stereocenters. The summed E-state index contributed by atoms with van der Waals surface area (Å²) in [4.78, 5) is 5.52. The normalized spacial score (nSPS) is 17.5. The van der Waals surface area contributed by atoms with Gasteiger partial charge in [-0.15, -0.1) is 0 Å². The van der Waals surface area contributed by atoms with Gasteiger partial charge in [0.25, 0.3) is 0 Å². The van der Waals surface area contributed by atoms with Gasteiger partial charge in [-0.25, -0.2) is 4.39 Å². The summed E-state index contributed by atoms with van der Waals surface area (Å²) < 4.78 is 18.3. The van der Waals surface area contributed by atoms with Crippen molar-refractivity contribution in [3.8, 4) is 0 Å². The molecule has 1 aromatic heterocycles. The van der Waals surface area contributed by atoms with E-state index in [-0.39, 0.29) is 5.82 Å². The molecule has 1 aromatic rings. The van der Waals surface area contributed by atoms with Crippen LogP contribution in [0.3, 0.4) is 0 Å². The maximum Gasteiger partial charge on any atom is 0.174 e. The van der Waals surface area contributed by atoms with Crippen molar-refractivity contribution in [2.45, 2.75) is 0 Å². The molecule has 2 rings (SSSR count). The van der Waals surface area contributed by atoms with Gasteiger partial charge in [0.05, 0.1) is 18.9 Å². The number of anilines is 1. The average molecular weight is 181 g/mol. The van der Waals surface area contributed by atoms with Gasteiger partial charge < -0.3 is 9.64 Å². The SMILES string of the molecule is Fc1[c]nccc1N1CCOCC1. The molecule has 0 aliphatic carbocycles. The average Bonchev–Trinajstić information content (AvgIpc) is 2.20. The lowest BCUT2D eigenvalue weighted by Gasteiger charge is -2.28. The molecule has 13 heavy (non-hydrogen) atoms. The fraction of sp³-hybridized carbons (Fsp3) is 0.444. The molecule has 1 radical (unpaired) electrons. The summed E-state index contributed by atoms with van der Waals surface area (Å²) in [5.41, 5.74) is 0.568. The van der Waals surface area contributed by atoms with Gasteiger partial charge in [0.2, 0.25) is 0 Å². The monoisotopic (exact) mass is 181 g/mol. The van der Waals surface area contributed by atoms with Gasteiger partial charge in [-0.05, 0) is 6.07 Å². The number of ether oxygens (including phenoxy) is 1. The molecule has 0 amide bonds. The highest BCUT2D eigenvalue weighted by molar-refractivity contribution is 5.46. The predicted octanol–water partition coefficient (Wildman–Crippen LogP) is 0.857. The Labute approximate surface area is 76.1 Å². The summed E-state index contributed by atoms with van der Waals surface area (Å²) in [5.74, 6) is -0.385. The van der Waals surface area contributed by atoms with E-state index in [2.05, 4.69) is 11.2 Å². The minimum atomic E-state index is -0.385. The van der Waals surface area contributed by atoms with Crippen LogP contribution in [0.15, 0.2) is 12.3 Å². The van der Waals surface area contributed by atoms with Gasteiger partial charge in [-0.2, -0.15) is 0 Å². The van der Waals surface area contributed by atoms with Gasteiger partial charge >= 0.3 is 0 Å². The van der Waals surface area contributed by atoms with Crippen LogP contribution < -0.4 is 4.90 Å². The van der Waals surface area contributed by atoms with E-state index in [4.69, 9.17) is 4.74 Å². The van der Waals surface area contributed by atoms with Gasteiger partial charge in [0.15, 0.2) is 5.82 Å². The molecule has 0 bridgehead atoms. The van der Waals surface area contributed by atoms with Crippen molar-refractivity contribution >= 4 is 5.69 Å². The third-order valence-electron chi connectivity index (χ3n) is 2.05. The second-order valence-corrected chi connectivity index (χ2v) is 2.86. The molecule has 0 saturated carbocycles. The maximum absolute atomic E-state index is 13.2. The van der Waals surface area contributed by atoms with E-state index in [1.165, 1.54) is 0 Å². The standard InChI is InChI=1S/C9H10FN2O/c10-8-7-11-2-1-9(8)12-3-5-13-6-4-12/h1-2H,3-6H2. The van der Waals surface area contributed by atoms with Crippen LogP contribution in [0.25, 0.3) is 0 Å². The summed E-state index contributed by atoms with van der Waals surface area (Å²) in [6.07, 6.45) is 3.85. The van der Waals surface area contributed by atoms with E-state index in [0.717, 1.165) is 13.1 Å². The molecule has 0 spiro atoms. The fourth-order valence-corrected chi connectivity index (χ4v) is 1.38. The summed E-state index contributed by atoms with van der Waals surface area (Å²) in [5, 5.41) is 0. The number of morpholine rings is 1. The third-order valence-corrected chi connectivity index (χ3v) is 2.05. The number of hydrogen-bond acceptors (Lipinski definition) is 3. The predicted molar refractivity (Wildman–Crippen MR) is 46.1 cm³/mol. The van der Waals surface area contributed by atoms with E-state index in [1.54, 1.807) is 12.3 Å². The van der Waals surface area contributed by atoms with Crippen LogP contribution in [0.4, 0.5) is 10.1 Å². The number of aromatic nitrogens is 1. The lowest BCUT2D eigenvalue weighted by Crippen LogP contribution is -2.36. The third kappa shape index (κ3) is 1.78. The van der Waals surface area contributed by atoms with Crippen molar-refractivity contribution in [2.24, 2.45) is 0 Å². The fourth-order valence-electron chi connectivity index (χ4n) is 1.38. The smallest absolute Gasteiger partial charge is 0.174 e. The van der Waals surface area contributed by atoms with Crippen LogP contribution in [-0.4, -0.2) is 31.3 Å². The van der Waals surface area contributed by atoms with E-state index in [9.17, 15) is 4.39 Å². The molecule has 69 valence electrons. The number of hydrogen-bond donors (Lipinski definition) is 0. The van der Waals surface area contributed by atoms with Crippen LogP contribution in [-0.2, 0) is 4.74 Å². The van der Waals surface area contributed by atoms with E-state index < -0.39 is 0 Å². The molecule has 3 nitrogen and oxygen atoms in total. The summed E-state index contributed by atoms with van der Waals surface area (Å²) in [6.45, 7) is 2.77. The molecule has 0 atom stereocenters. The van der Waals surface area contributed by atoms with Crippen molar-refractivity contribution in [1.82, 2.24) is 4.98 Å². The van der Waals surface area contributed by atoms with Crippen LogP contribution in [0.5, 0.6) is 0 Å². The molecular formula is C9H10FN2O. The second kappa shape index (κ2) is 3.70. The van der Waals surface area contributed by atoms with Crippen molar-refractivity contribution in [3.63, 3.8) is 0 Å². The van der Waals surface area contributed by atoms with Crippen LogP contribution in [0, 0.1) is 12.0 Å². The zero-order valence-electron chi connectivity index (χ0n) is 7.16. The molecule has 1 saturated heterocycles. The minimum absolute atomic E-state index is 0.385. The minimum Gasteiger partial charge on any atom is -0.378 e. The Hall–Kier alpha value is -1.16. The van der Waals surface area contributed by atoms with Gasteiger partial charge in [0.1, 0.15) is 6.20 Å². The summed E-state index contributed by atoms with van der Waals surface area (Å²) in [7, 11) is 0. The number of halogens is 1. The van der Waals surface area contributed by atoms with Crippen molar-refractivity contribution in [2.75, 3.05) is 31.2 Å². The Morgan fingerprint density at radius 2 is 2.23 bits per heavy atom. The quantitative estimate of drug-likeness (QED) is 0.642. The Morgan fingerprint density at radius 1 is 1.46 bits per heavy atom. The summed E-state index contributed by atoms with van der Waals surface area (Å²) in [6, 6.07) is 1.66. The molecule has 1 aliphatic heterocycles. The number of pyridine rings is 1. The number of rotatable bonds is 1. The van der Waals surface area contributed by atoms with Crippen molar-refractivity contribution in [3.05, 3.63) is 24.3 Å². The molecule has 0 aromatic carbocycles. The Morgan fingerprint density at radius 3 is 2.92 bits per heavy atom. The lowest BCUT2D eigenvalue weighted by atomic mass is 10.3. The number of nitrogens with zero attached hydrogens (tertiary/aromatic N) is 2. The zero-order valence-corrected chi connectivity index (χ0v) is 7.16. The Balaban J connectivity index is 2.18. The highest BCUT2D eigenvalue weighted by Gasteiger charge is 2.14. The van der Waals surface area contributed by atoms with Crippen LogP contribution >= 0.6 is 0 Å². The van der Waals surface area contributed by atoms with Gasteiger partial charge in [0, 0.05) is 19.3 Å². The molecular weight excluding hydrogens is 171 g/mol. The molecule has 1 fully saturated rings. The topological polar surface area (TPSA) is 25.4 Å².